The summed E-state index contributed by atoms with van der Waals surface area (Å²) in [6.07, 6.45) is 0.720. The standard InChI is InChI=1S/C15H22N4O2/c1-3-18-12-6-4-5-7-13(12)19(15(18)21)10-14(20)17-9-8-11(2)16/h4-7,11H,3,8-10,16H2,1-2H3,(H,17,20). The van der Waals surface area contributed by atoms with Crippen LogP contribution in [0.25, 0.3) is 11.0 Å². The van der Waals surface area contributed by atoms with E-state index < -0.39 is 0 Å². The molecule has 0 saturated heterocycles. The van der Waals surface area contributed by atoms with Gasteiger partial charge in [0.15, 0.2) is 0 Å². The fraction of sp³-hybridized carbons (Fsp3) is 0.467. The predicted molar refractivity (Wildman–Crippen MR) is 83.1 cm³/mol. The second-order valence-electron chi connectivity index (χ2n) is 5.22. The Bertz CT molecular complexity index is 685. The van der Waals surface area contributed by atoms with Gasteiger partial charge in [-0.3, -0.25) is 13.9 Å². The highest BCUT2D eigenvalue weighted by molar-refractivity contribution is 5.80. The number of amides is 1. The molecule has 0 aliphatic heterocycles. The van der Waals surface area contributed by atoms with E-state index >= 15 is 0 Å². The van der Waals surface area contributed by atoms with Crippen LogP contribution in [0.4, 0.5) is 0 Å². The third-order valence-electron chi connectivity index (χ3n) is 3.46. The van der Waals surface area contributed by atoms with Gasteiger partial charge in [0.25, 0.3) is 0 Å². The Hall–Kier alpha value is -2.08. The quantitative estimate of drug-likeness (QED) is 0.820. The van der Waals surface area contributed by atoms with E-state index in [-0.39, 0.29) is 24.2 Å². The van der Waals surface area contributed by atoms with Crippen molar-refractivity contribution in [3.63, 3.8) is 0 Å². The summed E-state index contributed by atoms with van der Waals surface area (Å²) in [5.74, 6) is -0.170. The van der Waals surface area contributed by atoms with Crippen molar-refractivity contribution in [2.45, 2.75) is 39.4 Å². The number of imidazole rings is 1. The van der Waals surface area contributed by atoms with Crippen molar-refractivity contribution in [3.05, 3.63) is 34.7 Å². The minimum atomic E-state index is -0.170. The van der Waals surface area contributed by atoms with E-state index in [1.165, 1.54) is 4.57 Å². The van der Waals surface area contributed by atoms with E-state index in [0.29, 0.717) is 13.1 Å². The number of hydrogen-bond acceptors (Lipinski definition) is 3. The van der Waals surface area contributed by atoms with Gasteiger partial charge < -0.3 is 11.1 Å². The zero-order valence-electron chi connectivity index (χ0n) is 12.5. The SMILES string of the molecule is CCn1c(=O)n(CC(=O)NCCC(C)N)c2ccccc21. The van der Waals surface area contributed by atoms with Crippen molar-refractivity contribution in [3.8, 4) is 0 Å². The maximum Gasteiger partial charge on any atom is 0.329 e. The van der Waals surface area contributed by atoms with Crippen LogP contribution in [-0.2, 0) is 17.9 Å². The molecule has 1 aromatic heterocycles. The molecule has 0 spiro atoms. The van der Waals surface area contributed by atoms with Crippen LogP contribution in [0.3, 0.4) is 0 Å². The molecular weight excluding hydrogens is 268 g/mol. The topological polar surface area (TPSA) is 82.0 Å². The van der Waals surface area contributed by atoms with E-state index in [2.05, 4.69) is 5.32 Å². The highest BCUT2D eigenvalue weighted by Gasteiger charge is 2.14. The Labute approximate surface area is 123 Å². The van der Waals surface area contributed by atoms with Crippen LogP contribution < -0.4 is 16.7 Å². The van der Waals surface area contributed by atoms with Crippen molar-refractivity contribution in [1.29, 1.82) is 0 Å². The number of para-hydroxylation sites is 2. The second-order valence-corrected chi connectivity index (χ2v) is 5.22. The van der Waals surface area contributed by atoms with Crippen LogP contribution in [0.5, 0.6) is 0 Å². The predicted octanol–water partition coefficient (Wildman–Crippen LogP) is 0.676. The van der Waals surface area contributed by atoms with E-state index in [1.807, 2.05) is 38.1 Å². The van der Waals surface area contributed by atoms with Crippen LogP contribution in [0, 0.1) is 0 Å². The Kier molecular flexibility index (Phi) is 4.80. The first kappa shape index (κ1) is 15.3. The summed E-state index contributed by atoms with van der Waals surface area (Å²) in [7, 11) is 0. The smallest absolute Gasteiger partial charge is 0.329 e. The number of carbonyl (C=O) groups is 1. The van der Waals surface area contributed by atoms with Gasteiger partial charge in [0.05, 0.1) is 11.0 Å². The maximum atomic E-state index is 12.4. The van der Waals surface area contributed by atoms with Crippen LogP contribution in [-0.4, -0.2) is 27.6 Å². The number of hydrogen-bond donors (Lipinski definition) is 2. The lowest BCUT2D eigenvalue weighted by Gasteiger charge is -2.07. The number of nitrogens with two attached hydrogens (primary N) is 1. The molecule has 1 amide bonds. The molecule has 0 radical (unpaired) electrons. The Morgan fingerprint density at radius 3 is 2.48 bits per heavy atom. The molecule has 1 unspecified atom stereocenters. The third kappa shape index (κ3) is 3.33. The minimum absolute atomic E-state index is 0.0330. The number of carbonyl (C=O) groups excluding carboxylic acids is 1. The summed E-state index contributed by atoms with van der Waals surface area (Å²) >= 11 is 0. The average molecular weight is 290 g/mol. The molecule has 0 bridgehead atoms. The Morgan fingerprint density at radius 1 is 1.29 bits per heavy atom. The summed E-state index contributed by atoms with van der Waals surface area (Å²) in [5.41, 5.74) is 7.13. The van der Waals surface area contributed by atoms with Gasteiger partial charge in [0.1, 0.15) is 6.54 Å². The number of aryl methyl sites for hydroxylation is 1. The molecule has 1 atom stereocenters. The van der Waals surface area contributed by atoms with E-state index in [0.717, 1.165) is 17.5 Å². The van der Waals surface area contributed by atoms with E-state index in [4.69, 9.17) is 5.73 Å². The normalized spacial score (nSPS) is 12.5. The first-order valence-electron chi connectivity index (χ1n) is 7.25. The van der Waals surface area contributed by atoms with Crippen LogP contribution in [0.1, 0.15) is 20.3 Å². The summed E-state index contributed by atoms with van der Waals surface area (Å²) < 4.78 is 3.19. The lowest BCUT2D eigenvalue weighted by Crippen LogP contribution is -2.34. The molecule has 0 aliphatic rings. The Morgan fingerprint density at radius 2 is 1.90 bits per heavy atom. The molecule has 2 rings (SSSR count). The largest absolute Gasteiger partial charge is 0.354 e. The molecule has 0 fully saturated rings. The van der Waals surface area contributed by atoms with Gasteiger partial charge in [-0.25, -0.2) is 4.79 Å². The van der Waals surface area contributed by atoms with Gasteiger partial charge in [0.2, 0.25) is 5.91 Å². The van der Waals surface area contributed by atoms with Crippen LogP contribution in [0.2, 0.25) is 0 Å². The van der Waals surface area contributed by atoms with Crippen LogP contribution in [0.15, 0.2) is 29.1 Å². The molecule has 0 aliphatic carbocycles. The highest BCUT2D eigenvalue weighted by atomic mass is 16.2. The molecule has 114 valence electrons. The lowest BCUT2D eigenvalue weighted by atomic mass is 10.2. The summed E-state index contributed by atoms with van der Waals surface area (Å²) in [5, 5.41) is 2.79. The molecule has 6 nitrogen and oxygen atoms in total. The molecule has 2 aromatic rings. The second kappa shape index (κ2) is 6.58. The minimum Gasteiger partial charge on any atom is -0.354 e. The van der Waals surface area contributed by atoms with Gasteiger partial charge >= 0.3 is 5.69 Å². The first-order valence-corrected chi connectivity index (χ1v) is 7.25. The zero-order chi connectivity index (χ0) is 15.4. The summed E-state index contributed by atoms with van der Waals surface area (Å²) in [4.78, 5) is 24.3. The summed E-state index contributed by atoms with van der Waals surface area (Å²) in [6, 6.07) is 7.56. The lowest BCUT2D eigenvalue weighted by molar-refractivity contribution is -0.121. The molecular formula is C15H22N4O2. The van der Waals surface area contributed by atoms with E-state index in [1.54, 1.807) is 4.57 Å². The van der Waals surface area contributed by atoms with Gasteiger partial charge in [-0.2, -0.15) is 0 Å². The van der Waals surface area contributed by atoms with Crippen LogP contribution >= 0.6 is 0 Å². The number of fused-ring (bicyclic) bond motifs is 1. The zero-order valence-corrected chi connectivity index (χ0v) is 12.5. The van der Waals surface area contributed by atoms with Gasteiger partial charge in [-0.15, -0.1) is 0 Å². The average Bonchev–Trinajstić information content (AvgIpc) is 2.71. The molecule has 21 heavy (non-hydrogen) atoms. The van der Waals surface area contributed by atoms with Gasteiger partial charge in [0, 0.05) is 19.1 Å². The molecule has 1 heterocycles. The summed E-state index contributed by atoms with van der Waals surface area (Å²) in [6.45, 7) is 4.95. The number of nitrogens with one attached hydrogen (secondary N) is 1. The van der Waals surface area contributed by atoms with Gasteiger partial charge in [-0.1, -0.05) is 12.1 Å². The fourth-order valence-corrected chi connectivity index (χ4v) is 2.37. The third-order valence-corrected chi connectivity index (χ3v) is 3.46. The number of aromatic nitrogens is 2. The van der Waals surface area contributed by atoms with E-state index in [9.17, 15) is 9.59 Å². The monoisotopic (exact) mass is 290 g/mol. The van der Waals surface area contributed by atoms with Crippen molar-refractivity contribution in [1.82, 2.24) is 14.5 Å². The molecule has 1 aromatic carbocycles. The van der Waals surface area contributed by atoms with Gasteiger partial charge in [-0.05, 0) is 32.4 Å². The molecule has 6 heteroatoms. The highest BCUT2D eigenvalue weighted by Crippen LogP contribution is 2.12. The maximum absolute atomic E-state index is 12.4. The fourth-order valence-electron chi connectivity index (χ4n) is 2.37. The van der Waals surface area contributed by atoms with Crippen molar-refractivity contribution >= 4 is 16.9 Å². The number of rotatable bonds is 6. The number of nitrogens with zero attached hydrogens (tertiary/aromatic N) is 2. The first-order chi connectivity index (χ1) is 10.0. The van der Waals surface area contributed by atoms with Crippen molar-refractivity contribution in [2.24, 2.45) is 5.73 Å². The van der Waals surface area contributed by atoms with Crippen molar-refractivity contribution < 1.29 is 4.79 Å². The van der Waals surface area contributed by atoms with Crippen molar-refractivity contribution in [2.75, 3.05) is 6.54 Å². The number of benzene rings is 1. The molecule has 3 N–H and O–H groups in total. The Balaban J connectivity index is 2.20. The molecule has 0 saturated carbocycles.